The number of carbonyl (C=O) groups excluding carboxylic acids is 1. The Bertz CT molecular complexity index is 1310. The summed E-state index contributed by atoms with van der Waals surface area (Å²) in [7, 11) is 1.56. The Hall–Kier alpha value is -4.78. The molecule has 7 nitrogen and oxygen atoms in total. The zero-order chi connectivity index (χ0) is 25.3. The summed E-state index contributed by atoms with van der Waals surface area (Å²) in [6.45, 7) is 0.396. The molecule has 0 aromatic heterocycles. The highest BCUT2D eigenvalue weighted by Gasteiger charge is 2.22. The zero-order valence-electron chi connectivity index (χ0n) is 19.9. The average molecular weight is 481 g/mol. The van der Waals surface area contributed by atoms with E-state index in [4.69, 9.17) is 20.6 Å². The second kappa shape index (κ2) is 11.6. The fourth-order valence-electron chi connectivity index (χ4n) is 3.66. The fraction of sp³-hybridized carbons (Fsp3) is 0.103. The number of nitrogen functional groups attached to an aromatic ring is 1. The average Bonchev–Trinajstić information content (AvgIpc) is 2.92. The molecule has 1 amide bonds. The summed E-state index contributed by atoms with van der Waals surface area (Å²) < 4.78 is 11.6. The number of para-hydroxylation sites is 1. The second-order valence-electron chi connectivity index (χ2n) is 8.10. The van der Waals surface area contributed by atoms with Crippen molar-refractivity contribution in [1.29, 1.82) is 5.41 Å². The second-order valence-corrected chi connectivity index (χ2v) is 8.10. The Morgan fingerprint density at radius 3 is 2.19 bits per heavy atom. The maximum atomic E-state index is 13.4. The molecule has 5 N–H and O–H groups in total. The molecule has 0 aliphatic heterocycles. The molecule has 0 aliphatic carbocycles. The zero-order valence-corrected chi connectivity index (χ0v) is 19.9. The Morgan fingerprint density at radius 1 is 0.889 bits per heavy atom. The van der Waals surface area contributed by atoms with Crippen molar-refractivity contribution in [3.05, 3.63) is 120 Å². The standard InChI is InChI=1S/C29H28N4O3/c1-35-26-18-22(14-17-25(26)36-24-10-6-3-7-11-24)27(29(34)32-19-20-8-4-2-5-9-20)33-23-15-12-21(13-16-23)28(30)31/h2-18,27,33H,19H2,1H3,(H3,30,31)(H,32,34). The van der Waals surface area contributed by atoms with Crippen molar-refractivity contribution in [2.45, 2.75) is 12.6 Å². The van der Waals surface area contributed by atoms with E-state index in [1.807, 2.05) is 66.7 Å². The maximum Gasteiger partial charge on any atom is 0.247 e. The third-order valence-electron chi connectivity index (χ3n) is 5.57. The molecule has 1 unspecified atom stereocenters. The molecular weight excluding hydrogens is 452 g/mol. The molecule has 4 aromatic rings. The molecule has 0 fully saturated rings. The Labute approximate surface area is 210 Å². The van der Waals surface area contributed by atoms with Gasteiger partial charge in [0.15, 0.2) is 11.5 Å². The molecule has 0 radical (unpaired) electrons. The first kappa shape index (κ1) is 24.3. The van der Waals surface area contributed by atoms with Crippen LogP contribution in [0.5, 0.6) is 17.2 Å². The monoisotopic (exact) mass is 480 g/mol. The van der Waals surface area contributed by atoms with Gasteiger partial charge in [-0.1, -0.05) is 54.6 Å². The van der Waals surface area contributed by atoms with E-state index in [-0.39, 0.29) is 11.7 Å². The fourth-order valence-corrected chi connectivity index (χ4v) is 3.66. The van der Waals surface area contributed by atoms with Crippen LogP contribution in [0.4, 0.5) is 5.69 Å². The molecule has 0 spiro atoms. The van der Waals surface area contributed by atoms with Crippen LogP contribution >= 0.6 is 0 Å². The predicted molar refractivity (Wildman–Crippen MR) is 142 cm³/mol. The first-order valence-corrected chi connectivity index (χ1v) is 11.5. The van der Waals surface area contributed by atoms with E-state index in [1.165, 1.54) is 0 Å². The van der Waals surface area contributed by atoms with Crippen molar-refractivity contribution < 1.29 is 14.3 Å². The topological polar surface area (TPSA) is 109 Å². The Morgan fingerprint density at radius 2 is 1.56 bits per heavy atom. The highest BCUT2D eigenvalue weighted by molar-refractivity contribution is 5.95. The van der Waals surface area contributed by atoms with Crippen molar-refractivity contribution in [3.8, 4) is 17.2 Å². The van der Waals surface area contributed by atoms with E-state index in [9.17, 15) is 4.79 Å². The van der Waals surface area contributed by atoms with Crippen LogP contribution in [0.2, 0.25) is 0 Å². The molecule has 0 bridgehead atoms. The van der Waals surface area contributed by atoms with E-state index >= 15 is 0 Å². The van der Waals surface area contributed by atoms with Crippen LogP contribution in [0.1, 0.15) is 22.7 Å². The molecule has 1 atom stereocenters. The molecule has 0 heterocycles. The van der Waals surface area contributed by atoms with Crippen molar-refractivity contribution in [2.75, 3.05) is 12.4 Å². The van der Waals surface area contributed by atoms with E-state index in [2.05, 4.69) is 10.6 Å². The number of hydrogen-bond acceptors (Lipinski definition) is 5. The highest BCUT2D eigenvalue weighted by atomic mass is 16.5. The number of rotatable bonds is 10. The van der Waals surface area contributed by atoms with Gasteiger partial charge in [-0.05, 0) is 59.7 Å². The first-order valence-electron chi connectivity index (χ1n) is 11.5. The lowest BCUT2D eigenvalue weighted by Crippen LogP contribution is -2.33. The summed E-state index contributed by atoms with van der Waals surface area (Å²) >= 11 is 0. The minimum absolute atomic E-state index is 0.0163. The number of ether oxygens (including phenoxy) is 2. The molecule has 0 saturated carbocycles. The number of benzene rings is 4. The summed E-state index contributed by atoms with van der Waals surface area (Å²) in [5, 5.41) is 13.9. The van der Waals surface area contributed by atoms with Gasteiger partial charge in [0, 0.05) is 17.8 Å². The van der Waals surface area contributed by atoms with Gasteiger partial charge in [-0.2, -0.15) is 0 Å². The minimum atomic E-state index is -0.712. The number of methoxy groups -OCH3 is 1. The summed E-state index contributed by atoms with van der Waals surface area (Å²) in [6.07, 6.45) is 0. The quantitative estimate of drug-likeness (QED) is 0.183. The molecule has 7 heteroatoms. The Kier molecular flexibility index (Phi) is 7.83. The summed E-state index contributed by atoms with van der Waals surface area (Å²) in [4.78, 5) is 13.4. The molecular formula is C29H28N4O3. The van der Waals surface area contributed by atoms with Crippen LogP contribution in [0.3, 0.4) is 0 Å². The smallest absolute Gasteiger partial charge is 0.247 e. The largest absolute Gasteiger partial charge is 0.493 e. The summed E-state index contributed by atoms with van der Waals surface area (Å²) in [5.74, 6) is 1.52. The SMILES string of the molecule is COc1cc(C(Nc2ccc(C(=N)N)cc2)C(=O)NCc2ccccc2)ccc1Oc1ccccc1. The molecule has 0 saturated heterocycles. The van der Waals surface area contributed by atoms with E-state index in [0.29, 0.717) is 40.6 Å². The molecule has 182 valence electrons. The van der Waals surface area contributed by atoms with Crippen molar-refractivity contribution in [1.82, 2.24) is 5.32 Å². The first-order chi connectivity index (χ1) is 17.5. The lowest BCUT2D eigenvalue weighted by molar-refractivity contribution is -0.122. The molecule has 4 rings (SSSR count). The van der Waals surface area contributed by atoms with Gasteiger partial charge >= 0.3 is 0 Å². The van der Waals surface area contributed by atoms with E-state index < -0.39 is 6.04 Å². The van der Waals surface area contributed by atoms with Gasteiger partial charge in [-0.25, -0.2) is 0 Å². The van der Waals surface area contributed by atoms with Gasteiger partial charge in [-0.15, -0.1) is 0 Å². The summed E-state index contributed by atoms with van der Waals surface area (Å²) in [5.41, 5.74) is 8.59. The van der Waals surface area contributed by atoms with Gasteiger partial charge in [0.2, 0.25) is 5.91 Å². The number of amidine groups is 1. The number of nitrogens with two attached hydrogens (primary N) is 1. The number of amides is 1. The van der Waals surface area contributed by atoms with E-state index in [0.717, 1.165) is 5.56 Å². The lowest BCUT2D eigenvalue weighted by atomic mass is 10.0. The van der Waals surface area contributed by atoms with Crippen LogP contribution in [0, 0.1) is 5.41 Å². The van der Waals surface area contributed by atoms with Crippen molar-refractivity contribution >= 4 is 17.4 Å². The number of hydrogen-bond donors (Lipinski definition) is 4. The van der Waals surface area contributed by atoms with E-state index in [1.54, 1.807) is 43.5 Å². The number of nitrogens with one attached hydrogen (secondary N) is 3. The van der Waals surface area contributed by atoms with Gasteiger partial charge in [0.05, 0.1) is 7.11 Å². The minimum Gasteiger partial charge on any atom is -0.493 e. The predicted octanol–water partition coefficient (Wildman–Crippen LogP) is 5.24. The molecule has 36 heavy (non-hydrogen) atoms. The Balaban J connectivity index is 1.60. The van der Waals surface area contributed by atoms with Crippen LogP contribution < -0.4 is 25.8 Å². The van der Waals surface area contributed by atoms with Gasteiger partial charge in [0.1, 0.15) is 17.6 Å². The van der Waals surface area contributed by atoms with Crippen LogP contribution in [0.15, 0.2) is 103 Å². The third kappa shape index (κ3) is 6.21. The maximum absolute atomic E-state index is 13.4. The van der Waals surface area contributed by atoms with Crippen LogP contribution in [-0.2, 0) is 11.3 Å². The van der Waals surface area contributed by atoms with Gasteiger partial charge in [-0.3, -0.25) is 10.2 Å². The number of anilines is 1. The third-order valence-corrected chi connectivity index (χ3v) is 5.57. The summed E-state index contributed by atoms with van der Waals surface area (Å²) in [6, 6.07) is 30.9. The molecule has 4 aromatic carbocycles. The van der Waals surface area contributed by atoms with Crippen molar-refractivity contribution in [2.24, 2.45) is 5.73 Å². The van der Waals surface area contributed by atoms with Crippen LogP contribution in [-0.4, -0.2) is 18.9 Å². The highest BCUT2D eigenvalue weighted by Crippen LogP contribution is 2.34. The van der Waals surface area contributed by atoms with Crippen LogP contribution in [0.25, 0.3) is 0 Å². The van der Waals surface area contributed by atoms with Gasteiger partial charge in [0.25, 0.3) is 0 Å². The lowest BCUT2D eigenvalue weighted by Gasteiger charge is -2.21. The van der Waals surface area contributed by atoms with Gasteiger partial charge < -0.3 is 25.8 Å². The normalized spacial score (nSPS) is 11.2. The molecule has 0 aliphatic rings. The van der Waals surface area contributed by atoms with Crippen molar-refractivity contribution in [3.63, 3.8) is 0 Å². The number of carbonyl (C=O) groups is 1.